The lowest BCUT2D eigenvalue weighted by Crippen LogP contribution is -2.62. The predicted molar refractivity (Wildman–Crippen MR) is 136 cm³/mol. The van der Waals surface area contributed by atoms with Crippen molar-refractivity contribution in [2.24, 2.45) is 5.92 Å². The Kier molecular flexibility index (Phi) is 10.1. The van der Waals surface area contributed by atoms with Gasteiger partial charge >= 0.3 is 6.03 Å². The molecule has 1 aliphatic heterocycles. The van der Waals surface area contributed by atoms with Crippen LogP contribution in [0.5, 0.6) is 5.75 Å². The molecule has 0 spiro atoms. The highest BCUT2D eigenvalue weighted by Crippen LogP contribution is 2.20. The molecule has 1 aromatic rings. The fourth-order valence-corrected chi connectivity index (χ4v) is 4.86. The van der Waals surface area contributed by atoms with Crippen LogP contribution in [-0.2, 0) is 9.59 Å². The van der Waals surface area contributed by atoms with Crippen LogP contribution < -0.4 is 15.4 Å². The lowest BCUT2D eigenvalue weighted by Gasteiger charge is -2.42. The molecule has 1 saturated carbocycles. The molecule has 1 aliphatic carbocycles. The molecule has 8 nitrogen and oxygen atoms in total. The topological polar surface area (TPSA) is 91.0 Å². The number of hydrogen-bond acceptors (Lipinski definition) is 4. The van der Waals surface area contributed by atoms with Gasteiger partial charge in [-0.15, -0.1) is 0 Å². The summed E-state index contributed by atoms with van der Waals surface area (Å²) in [5, 5.41) is 6.64. The van der Waals surface area contributed by atoms with E-state index in [0.29, 0.717) is 30.4 Å². The molecule has 4 amide bonds. The van der Waals surface area contributed by atoms with Crippen LogP contribution in [0.2, 0.25) is 5.02 Å². The van der Waals surface area contributed by atoms with Crippen LogP contribution in [0.3, 0.4) is 0 Å². The number of nitrogens with zero attached hydrogens (tertiary/aromatic N) is 2. The van der Waals surface area contributed by atoms with E-state index in [1.54, 1.807) is 29.2 Å². The lowest BCUT2D eigenvalue weighted by molar-refractivity contribution is -0.140. The van der Waals surface area contributed by atoms with Gasteiger partial charge in [-0.25, -0.2) is 4.79 Å². The number of amides is 4. The van der Waals surface area contributed by atoms with Gasteiger partial charge in [0.05, 0.1) is 0 Å². The van der Waals surface area contributed by atoms with E-state index in [0.717, 1.165) is 32.1 Å². The molecule has 2 N–H and O–H groups in total. The second kappa shape index (κ2) is 13.0. The predicted octanol–water partition coefficient (Wildman–Crippen LogP) is 3.82. The van der Waals surface area contributed by atoms with Crippen LogP contribution in [0.4, 0.5) is 4.79 Å². The summed E-state index contributed by atoms with van der Waals surface area (Å²) >= 11 is 5.88. The minimum Gasteiger partial charge on any atom is -0.484 e. The van der Waals surface area contributed by atoms with Gasteiger partial charge in [0.25, 0.3) is 5.91 Å². The molecule has 2 fully saturated rings. The number of carbonyl (C=O) groups is 3. The normalized spacial score (nSPS) is 20.6. The van der Waals surface area contributed by atoms with Crippen molar-refractivity contribution in [1.29, 1.82) is 0 Å². The first-order valence-corrected chi connectivity index (χ1v) is 13.2. The summed E-state index contributed by atoms with van der Waals surface area (Å²) in [6.45, 7) is 7.11. The van der Waals surface area contributed by atoms with Crippen LogP contribution >= 0.6 is 11.6 Å². The van der Waals surface area contributed by atoms with E-state index in [-0.39, 0.29) is 42.5 Å². The molecule has 0 aromatic heterocycles. The van der Waals surface area contributed by atoms with E-state index in [4.69, 9.17) is 16.3 Å². The highest BCUT2D eigenvalue weighted by molar-refractivity contribution is 6.30. The SMILES string of the molecule is CCC(C)C(NC(=O)COc1ccc(Cl)cc1)C(=O)N1CCN(C(=O)NC2CCCCC2)C(C)C1. The summed E-state index contributed by atoms with van der Waals surface area (Å²) in [6, 6.07) is 6.24. The summed E-state index contributed by atoms with van der Waals surface area (Å²) < 4.78 is 5.54. The Morgan fingerprint density at radius 2 is 1.80 bits per heavy atom. The van der Waals surface area contributed by atoms with E-state index in [1.807, 2.05) is 25.7 Å². The first-order valence-electron chi connectivity index (χ1n) is 12.8. The average molecular weight is 507 g/mol. The highest BCUT2D eigenvalue weighted by Gasteiger charge is 2.35. The van der Waals surface area contributed by atoms with Crippen LogP contribution in [0.25, 0.3) is 0 Å². The number of hydrogen-bond donors (Lipinski definition) is 2. The van der Waals surface area contributed by atoms with E-state index in [1.165, 1.54) is 6.42 Å². The molecule has 3 atom stereocenters. The Morgan fingerprint density at radius 1 is 1.11 bits per heavy atom. The summed E-state index contributed by atoms with van der Waals surface area (Å²) in [4.78, 5) is 42.4. The third-order valence-corrected chi connectivity index (χ3v) is 7.36. The molecule has 3 unspecified atom stereocenters. The standard InChI is InChI=1S/C26H39ClN4O4/c1-4-18(2)24(29-23(32)17-35-22-12-10-20(27)11-13-22)25(33)30-14-15-31(19(3)16-30)26(34)28-21-8-6-5-7-9-21/h10-13,18-19,21,24H,4-9,14-17H2,1-3H3,(H,28,34)(H,29,32). The van der Waals surface area contributed by atoms with Gasteiger partial charge in [0.1, 0.15) is 11.8 Å². The first-order chi connectivity index (χ1) is 16.8. The van der Waals surface area contributed by atoms with Gasteiger partial charge < -0.3 is 25.2 Å². The molecule has 0 radical (unpaired) electrons. The van der Waals surface area contributed by atoms with Crippen LogP contribution in [-0.4, -0.2) is 72.0 Å². The maximum Gasteiger partial charge on any atom is 0.317 e. The smallest absolute Gasteiger partial charge is 0.317 e. The average Bonchev–Trinajstić information content (AvgIpc) is 2.86. The Bertz CT molecular complexity index is 859. The van der Waals surface area contributed by atoms with Gasteiger partial charge in [-0.1, -0.05) is 51.1 Å². The molecule has 1 saturated heterocycles. The number of nitrogens with one attached hydrogen (secondary N) is 2. The second-order valence-electron chi connectivity index (χ2n) is 9.78. The molecule has 9 heteroatoms. The van der Waals surface area contributed by atoms with Crippen molar-refractivity contribution in [1.82, 2.24) is 20.4 Å². The molecule has 194 valence electrons. The summed E-state index contributed by atoms with van der Waals surface area (Å²) in [5.74, 6) is 0.0351. The van der Waals surface area contributed by atoms with E-state index < -0.39 is 6.04 Å². The monoisotopic (exact) mass is 506 g/mol. The quantitative estimate of drug-likeness (QED) is 0.560. The fraction of sp³-hybridized carbons (Fsp3) is 0.654. The molecule has 35 heavy (non-hydrogen) atoms. The van der Waals surface area contributed by atoms with Gasteiger partial charge in [-0.2, -0.15) is 0 Å². The molecular weight excluding hydrogens is 468 g/mol. The zero-order valence-corrected chi connectivity index (χ0v) is 21.9. The minimum atomic E-state index is -0.642. The van der Waals surface area contributed by atoms with E-state index in [2.05, 4.69) is 10.6 Å². The number of carbonyl (C=O) groups excluding carboxylic acids is 3. The van der Waals surface area contributed by atoms with Gasteiger partial charge in [0, 0.05) is 36.7 Å². The first kappa shape index (κ1) is 27.1. The fourth-order valence-electron chi connectivity index (χ4n) is 4.74. The number of ether oxygens (including phenoxy) is 1. The zero-order chi connectivity index (χ0) is 25.4. The van der Waals surface area contributed by atoms with Crippen molar-refractivity contribution in [3.63, 3.8) is 0 Å². The van der Waals surface area contributed by atoms with Gasteiger partial charge in [-0.05, 0) is 49.9 Å². The number of benzene rings is 1. The molecule has 3 rings (SSSR count). The summed E-state index contributed by atoms with van der Waals surface area (Å²) in [6.07, 6.45) is 6.39. The largest absolute Gasteiger partial charge is 0.484 e. The Balaban J connectivity index is 1.53. The second-order valence-corrected chi connectivity index (χ2v) is 10.2. The molecule has 2 aliphatic rings. The number of piperazine rings is 1. The summed E-state index contributed by atoms with van der Waals surface area (Å²) in [5.41, 5.74) is 0. The van der Waals surface area contributed by atoms with Gasteiger partial charge in [0.2, 0.25) is 5.91 Å². The minimum absolute atomic E-state index is 0.0371. The Morgan fingerprint density at radius 3 is 2.43 bits per heavy atom. The highest BCUT2D eigenvalue weighted by atomic mass is 35.5. The third-order valence-electron chi connectivity index (χ3n) is 7.11. The van der Waals surface area contributed by atoms with E-state index >= 15 is 0 Å². The number of urea groups is 1. The van der Waals surface area contributed by atoms with Crippen molar-refractivity contribution in [3.8, 4) is 5.75 Å². The molecule has 0 bridgehead atoms. The summed E-state index contributed by atoms with van der Waals surface area (Å²) in [7, 11) is 0. The van der Waals surface area contributed by atoms with Crippen molar-refractivity contribution in [2.45, 2.75) is 77.4 Å². The van der Waals surface area contributed by atoms with Crippen molar-refractivity contribution in [3.05, 3.63) is 29.3 Å². The number of halogens is 1. The van der Waals surface area contributed by atoms with Crippen LogP contribution in [0, 0.1) is 5.92 Å². The lowest BCUT2D eigenvalue weighted by atomic mass is 9.95. The molecular formula is C26H39ClN4O4. The van der Waals surface area contributed by atoms with Gasteiger partial charge in [0.15, 0.2) is 6.61 Å². The Hall–Kier alpha value is -2.48. The molecule has 1 aromatic carbocycles. The van der Waals surface area contributed by atoms with Crippen LogP contribution in [0.15, 0.2) is 24.3 Å². The van der Waals surface area contributed by atoms with Crippen molar-refractivity contribution >= 4 is 29.4 Å². The Labute approximate surface area is 213 Å². The maximum atomic E-state index is 13.4. The van der Waals surface area contributed by atoms with Crippen LogP contribution in [0.1, 0.15) is 59.3 Å². The molecule has 1 heterocycles. The maximum absolute atomic E-state index is 13.4. The number of rotatable bonds is 8. The van der Waals surface area contributed by atoms with E-state index in [9.17, 15) is 14.4 Å². The third kappa shape index (κ3) is 7.75. The van der Waals surface area contributed by atoms with Crippen molar-refractivity contribution in [2.75, 3.05) is 26.2 Å². The van der Waals surface area contributed by atoms with Gasteiger partial charge in [-0.3, -0.25) is 9.59 Å². The zero-order valence-electron chi connectivity index (χ0n) is 21.1. The van der Waals surface area contributed by atoms with Crippen molar-refractivity contribution < 1.29 is 19.1 Å².